The summed E-state index contributed by atoms with van der Waals surface area (Å²) in [5, 5.41) is 12.1. The van der Waals surface area contributed by atoms with Gasteiger partial charge in [0.25, 0.3) is 0 Å². The van der Waals surface area contributed by atoms with Crippen LogP contribution < -0.4 is 5.23 Å². The van der Waals surface area contributed by atoms with Crippen LogP contribution in [-0.2, 0) is 11.3 Å². The molecule has 0 aliphatic carbocycles. The second kappa shape index (κ2) is 10.5. The number of rotatable bonds is 9. The molecule has 1 aliphatic heterocycles. The third kappa shape index (κ3) is 7.03. The Balaban J connectivity index is 1.57. The van der Waals surface area contributed by atoms with E-state index in [2.05, 4.69) is 34.4 Å². The lowest BCUT2D eigenvalue weighted by molar-refractivity contribution is -0.133. The lowest BCUT2D eigenvalue weighted by Crippen LogP contribution is -2.48. The summed E-state index contributed by atoms with van der Waals surface area (Å²) >= 11 is 0. The molecule has 1 heterocycles. The smallest absolute Gasteiger partial charge is 0.373 e. The SMILES string of the molecule is CB(O)NCCCCCC(=O)N1CCN(Cc2ccccc2)CC1. The predicted molar refractivity (Wildman–Crippen MR) is 98.6 cm³/mol. The molecular formula is C18H30BN3O2. The molecule has 0 saturated carbocycles. The fourth-order valence-corrected chi connectivity index (χ4v) is 3.04. The molecule has 0 aromatic heterocycles. The number of amides is 1. The van der Waals surface area contributed by atoms with E-state index in [0.29, 0.717) is 6.42 Å². The van der Waals surface area contributed by atoms with E-state index in [1.807, 2.05) is 11.0 Å². The largest absolute Gasteiger partial charge is 0.437 e. The van der Waals surface area contributed by atoms with Crippen LogP contribution in [0.4, 0.5) is 0 Å². The highest BCUT2D eigenvalue weighted by Gasteiger charge is 2.20. The number of hydrogen-bond donors (Lipinski definition) is 2. The highest BCUT2D eigenvalue weighted by molar-refractivity contribution is 6.45. The van der Waals surface area contributed by atoms with Crippen molar-refractivity contribution in [1.29, 1.82) is 0 Å². The summed E-state index contributed by atoms with van der Waals surface area (Å²) in [5.74, 6) is 0.290. The fourth-order valence-electron chi connectivity index (χ4n) is 3.04. The van der Waals surface area contributed by atoms with Gasteiger partial charge in [-0.2, -0.15) is 0 Å². The molecule has 1 saturated heterocycles. The second-order valence-electron chi connectivity index (χ2n) is 6.58. The molecule has 1 aromatic carbocycles. The van der Waals surface area contributed by atoms with Gasteiger partial charge < -0.3 is 15.2 Å². The van der Waals surface area contributed by atoms with E-state index in [4.69, 9.17) is 5.02 Å². The Morgan fingerprint density at radius 1 is 1.12 bits per heavy atom. The summed E-state index contributed by atoms with van der Waals surface area (Å²) in [6, 6.07) is 10.5. The standard InChI is InChI=1S/C18H30BN3O2/c1-19(24)20-11-7-3-6-10-18(23)22-14-12-21(13-15-22)16-17-8-4-2-5-9-17/h2,4-5,8-9,20,24H,3,6-7,10-16H2,1H3. The van der Waals surface area contributed by atoms with Crippen LogP contribution >= 0.6 is 0 Å². The first-order valence-electron chi connectivity index (χ1n) is 9.10. The van der Waals surface area contributed by atoms with Crippen molar-refractivity contribution >= 4 is 13.0 Å². The second-order valence-corrected chi connectivity index (χ2v) is 6.58. The average Bonchev–Trinajstić information content (AvgIpc) is 2.59. The van der Waals surface area contributed by atoms with Gasteiger partial charge in [0.1, 0.15) is 0 Å². The molecule has 0 unspecified atom stereocenters. The van der Waals surface area contributed by atoms with Crippen LogP contribution in [0.25, 0.3) is 0 Å². The van der Waals surface area contributed by atoms with Crippen molar-refractivity contribution in [2.75, 3.05) is 32.7 Å². The number of piperazine rings is 1. The van der Waals surface area contributed by atoms with Crippen LogP contribution in [0.5, 0.6) is 0 Å². The molecule has 0 atom stereocenters. The van der Waals surface area contributed by atoms with Crippen molar-refractivity contribution < 1.29 is 9.82 Å². The number of nitrogens with zero attached hydrogens (tertiary/aromatic N) is 2. The first-order chi connectivity index (χ1) is 11.6. The molecule has 24 heavy (non-hydrogen) atoms. The zero-order valence-electron chi connectivity index (χ0n) is 14.8. The number of hydrogen-bond acceptors (Lipinski definition) is 4. The van der Waals surface area contributed by atoms with Gasteiger partial charge in [0, 0.05) is 39.1 Å². The Kier molecular flexibility index (Phi) is 8.29. The molecule has 1 aliphatic rings. The Hall–Kier alpha value is -1.37. The third-order valence-electron chi connectivity index (χ3n) is 4.48. The van der Waals surface area contributed by atoms with Gasteiger partial charge in [-0.25, -0.2) is 0 Å². The Labute approximate surface area is 146 Å². The summed E-state index contributed by atoms with van der Waals surface area (Å²) in [7, 11) is -0.446. The number of unbranched alkanes of at least 4 members (excludes halogenated alkanes) is 2. The van der Waals surface area contributed by atoms with E-state index in [1.165, 1.54) is 5.56 Å². The molecule has 5 nitrogen and oxygen atoms in total. The lowest BCUT2D eigenvalue weighted by atomic mass is 9.89. The highest BCUT2D eigenvalue weighted by Crippen LogP contribution is 2.10. The van der Waals surface area contributed by atoms with E-state index >= 15 is 0 Å². The summed E-state index contributed by atoms with van der Waals surface area (Å²) in [4.78, 5) is 16.7. The molecular weight excluding hydrogens is 301 g/mol. The normalized spacial score (nSPS) is 15.5. The molecule has 1 aromatic rings. The summed E-state index contributed by atoms with van der Waals surface area (Å²) < 4.78 is 0. The predicted octanol–water partition coefficient (Wildman–Crippen LogP) is 1.59. The molecule has 6 heteroatoms. The Bertz CT molecular complexity index is 476. The van der Waals surface area contributed by atoms with Crippen LogP contribution in [0.3, 0.4) is 0 Å². The van der Waals surface area contributed by atoms with Crippen LogP contribution in [0.15, 0.2) is 30.3 Å². The van der Waals surface area contributed by atoms with E-state index in [-0.39, 0.29) is 5.91 Å². The van der Waals surface area contributed by atoms with Gasteiger partial charge in [-0.1, -0.05) is 36.8 Å². The minimum absolute atomic E-state index is 0.290. The number of carbonyl (C=O) groups is 1. The molecule has 1 amide bonds. The quantitative estimate of drug-likeness (QED) is 0.533. The van der Waals surface area contributed by atoms with E-state index < -0.39 is 7.05 Å². The van der Waals surface area contributed by atoms with Crippen LogP contribution in [-0.4, -0.2) is 60.5 Å². The van der Waals surface area contributed by atoms with Crippen molar-refractivity contribution in [2.24, 2.45) is 0 Å². The minimum atomic E-state index is -0.446. The molecule has 2 N–H and O–H groups in total. The van der Waals surface area contributed by atoms with Crippen LogP contribution in [0.2, 0.25) is 6.82 Å². The summed E-state index contributed by atoms with van der Waals surface area (Å²) in [5.41, 5.74) is 1.34. The first-order valence-corrected chi connectivity index (χ1v) is 9.10. The van der Waals surface area contributed by atoms with Crippen molar-refractivity contribution in [3.05, 3.63) is 35.9 Å². The average molecular weight is 331 g/mol. The van der Waals surface area contributed by atoms with Gasteiger partial charge in [0.2, 0.25) is 5.91 Å². The topological polar surface area (TPSA) is 55.8 Å². The van der Waals surface area contributed by atoms with Crippen molar-refractivity contribution in [3.8, 4) is 0 Å². The minimum Gasteiger partial charge on any atom is -0.437 e. The number of nitrogens with one attached hydrogen (secondary N) is 1. The number of carbonyl (C=O) groups excluding carboxylic acids is 1. The van der Waals surface area contributed by atoms with Crippen molar-refractivity contribution in [3.63, 3.8) is 0 Å². The first kappa shape index (κ1) is 19.0. The van der Waals surface area contributed by atoms with Crippen LogP contribution in [0, 0.1) is 0 Å². The summed E-state index contributed by atoms with van der Waals surface area (Å²) in [6.45, 7) is 7.10. The number of benzene rings is 1. The third-order valence-corrected chi connectivity index (χ3v) is 4.48. The molecule has 1 fully saturated rings. The monoisotopic (exact) mass is 331 g/mol. The zero-order chi connectivity index (χ0) is 17.2. The van der Waals surface area contributed by atoms with Gasteiger partial charge in [0.15, 0.2) is 0 Å². The maximum atomic E-state index is 12.3. The maximum absolute atomic E-state index is 12.3. The van der Waals surface area contributed by atoms with E-state index in [0.717, 1.165) is 58.5 Å². The molecule has 0 radical (unpaired) electrons. The highest BCUT2D eigenvalue weighted by atomic mass is 16.2. The van der Waals surface area contributed by atoms with E-state index in [1.54, 1.807) is 6.82 Å². The Morgan fingerprint density at radius 2 is 1.83 bits per heavy atom. The lowest BCUT2D eigenvalue weighted by Gasteiger charge is -2.34. The molecule has 132 valence electrons. The van der Waals surface area contributed by atoms with Crippen molar-refractivity contribution in [1.82, 2.24) is 15.0 Å². The van der Waals surface area contributed by atoms with E-state index in [9.17, 15) is 4.79 Å². The summed E-state index contributed by atoms with van der Waals surface area (Å²) in [6.07, 6.45) is 3.61. The van der Waals surface area contributed by atoms with Gasteiger partial charge in [0.05, 0.1) is 0 Å². The molecule has 2 rings (SSSR count). The fraction of sp³-hybridized carbons (Fsp3) is 0.611. The molecule has 0 spiro atoms. The maximum Gasteiger partial charge on any atom is 0.373 e. The van der Waals surface area contributed by atoms with Crippen molar-refractivity contribution in [2.45, 2.75) is 39.1 Å². The zero-order valence-corrected chi connectivity index (χ0v) is 14.8. The van der Waals surface area contributed by atoms with Gasteiger partial charge in [-0.05, 0) is 31.8 Å². The van der Waals surface area contributed by atoms with Gasteiger partial charge in [-0.15, -0.1) is 0 Å². The van der Waals surface area contributed by atoms with Gasteiger partial charge in [-0.3, -0.25) is 9.69 Å². The Morgan fingerprint density at radius 3 is 2.50 bits per heavy atom. The van der Waals surface area contributed by atoms with Crippen LogP contribution in [0.1, 0.15) is 31.2 Å². The molecule has 0 bridgehead atoms. The van der Waals surface area contributed by atoms with Gasteiger partial charge >= 0.3 is 7.05 Å².